The van der Waals surface area contributed by atoms with E-state index in [2.05, 4.69) is 24.3 Å². The third-order valence-corrected chi connectivity index (χ3v) is 12.0. The number of fused-ring (bicyclic) bond motifs is 1. The molecule has 8 fully saturated rings. The van der Waals surface area contributed by atoms with Gasteiger partial charge in [-0.25, -0.2) is 0 Å². The summed E-state index contributed by atoms with van der Waals surface area (Å²) < 4.78 is 12.8. The Bertz CT molecular complexity index is 1160. The average molecular weight is 517 g/mol. The van der Waals surface area contributed by atoms with Gasteiger partial charge in [0.05, 0.1) is 13.2 Å². The predicted octanol–water partition coefficient (Wildman–Crippen LogP) is 6.52. The number of aliphatic hydroxyl groups is 2. The molecule has 4 heteroatoms. The first-order valence-electron chi connectivity index (χ1n) is 15.7. The first kappa shape index (κ1) is 24.1. The molecule has 10 rings (SSSR count). The van der Waals surface area contributed by atoms with Gasteiger partial charge < -0.3 is 19.7 Å². The first-order chi connectivity index (χ1) is 18.6. The molecular weight excluding hydrogens is 472 g/mol. The molecule has 2 aromatic rings. The molecule has 8 aliphatic rings. The van der Waals surface area contributed by atoms with E-state index in [4.69, 9.17) is 9.47 Å². The zero-order chi connectivity index (χ0) is 25.5. The largest absolute Gasteiger partial charge is 0.491 e. The van der Waals surface area contributed by atoms with Crippen molar-refractivity contribution in [2.75, 3.05) is 26.4 Å². The number of hydrogen-bond acceptors (Lipinski definition) is 4. The van der Waals surface area contributed by atoms with Crippen LogP contribution in [-0.2, 0) is 10.8 Å². The molecule has 38 heavy (non-hydrogen) atoms. The van der Waals surface area contributed by atoms with Crippen LogP contribution < -0.4 is 9.47 Å². The fraction of sp³-hybridized carbons (Fsp3) is 0.706. The minimum atomic E-state index is 0.0359. The summed E-state index contributed by atoms with van der Waals surface area (Å²) in [7, 11) is 0. The highest BCUT2D eigenvalue weighted by molar-refractivity contribution is 5.91. The van der Waals surface area contributed by atoms with Crippen LogP contribution in [0.25, 0.3) is 10.8 Å². The van der Waals surface area contributed by atoms with Crippen LogP contribution >= 0.6 is 0 Å². The summed E-state index contributed by atoms with van der Waals surface area (Å²) in [4.78, 5) is 0. The van der Waals surface area contributed by atoms with Crippen molar-refractivity contribution in [1.82, 2.24) is 0 Å². The van der Waals surface area contributed by atoms with Crippen molar-refractivity contribution in [3.63, 3.8) is 0 Å². The zero-order valence-corrected chi connectivity index (χ0v) is 22.8. The van der Waals surface area contributed by atoms with Crippen LogP contribution in [0.5, 0.6) is 11.5 Å². The van der Waals surface area contributed by atoms with Crippen LogP contribution in [0.1, 0.15) is 88.2 Å². The van der Waals surface area contributed by atoms with Gasteiger partial charge in [-0.05, 0) is 147 Å². The van der Waals surface area contributed by atoms with Crippen molar-refractivity contribution < 1.29 is 19.7 Å². The Labute approximate surface area is 227 Å². The van der Waals surface area contributed by atoms with E-state index in [1.807, 2.05) is 0 Å². The molecule has 2 aromatic carbocycles. The van der Waals surface area contributed by atoms with Crippen LogP contribution in [-0.4, -0.2) is 36.6 Å². The molecule has 0 radical (unpaired) electrons. The molecule has 0 heterocycles. The molecule has 2 N–H and O–H groups in total. The molecule has 0 saturated heterocycles. The third kappa shape index (κ3) is 3.69. The molecular formula is C34H44O4. The molecule has 4 nitrogen and oxygen atoms in total. The molecule has 0 aromatic heterocycles. The summed E-state index contributed by atoms with van der Waals surface area (Å²) in [5.41, 5.74) is 3.22. The van der Waals surface area contributed by atoms with Crippen LogP contribution in [0.4, 0.5) is 0 Å². The maximum absolute atomic E-state index is 9.75. The van der Waals surface area contributed by atoms with Crippen LogP contribution in [0, 0.1) is 35.5 Å². The summed E-state index contributed by atoms with van der Waals surface area (Å²) in [5, 5.41) is 22.0. The minimum Gasteiger partial charge on any atom is -0.491 e. The maximum atomic E-state index is 9.75. The van der Waals surface area contributed by atoms with Crippen molar-refractivity contribution in [2.24, 2.45) is 35.5 Å². The molecule has 8 bridgehead atoms. The normalized spacial score (nSPS) is 40.3. The lowest BCUT2D eigenvalue weighted by Crippen LogP contribution is -2.49. The molecule has 0 spiro atoms. The number of aliphatic hydroxyl groups excluding tert-OH is 2. The summed E-state index contributed by atoms with van der Waals surface area (Å²) in [6.07, 6.45) is 16.3. The van der Waals surface area contributed by atoms with E-state index in [9.17, 15) is 10.2 Å². The zero-order valence-electron chi connectivity index (χ0n) is 22.8. The second kappa shape index (κ2) is 8.86. The van der Waals surface area contributed by atoms with Crippen molar-refractivity contribution in [1.29, 1.82) is 0 Å². The molecule has 0 atom stereocenters. The number of benzene rings is 2. The fourth-order valence-electron chi connectivity index (χ4n) is 11.7. The van der Waals surface area contributed by atoms with E-state index in [0.717, 1.165) is 47.0 Å². The topological polar surface area (TPSA) is 58.9 Å². The predicted molar refractivity (Wildman–Crippen MR) is 149 cm³/mol. The van der Waals surface area contributed by atoms with Gasteiger partial charge in [0.25, 0.3) is 0 Å². The van der Waals surface area contributed by atoms with Gasteiger partial charge in [0.1, 0.15) is 24.7 Å². The Morgan fingerprint density at radius 1 is 0.605 bits per heavy atom. The highest BCUT2D eigenvalue weighted by atomic mass is 16.5. The summed E-state index contributed by atoms with van der Waals surface area (Å²) in [6, 6.07) is 9.34. The standard InChI is InChI=1S/C34H44O4/c35-3-5-37-30-2-1-27-13-29(33-15-21-7-22(16-33)9-23(8-21)17-33)31(38-6-4-36)14-28(27)32(30)34-18-24-10-25(19-34)12-26(11-24)20-34/h1-2,13-14,21-26,35-36H,3-12,15-20H2. The molecule has 204 valence electrons. The van der Waals surface area contributed by atoms with Crippen molar-refractivity contribution >= 4 is 10.8 Å². The first-order valence-corrected chi connectivity index (χ1v) is 15.7. The van der Waals surface area contributed by atoms with Crippen molar-refractivity contribution in [3.8, 4) is 11.5 Å². The average Bonchev–Trinajstić information content (AvgIpc) is 2.88. The number of ether oxygens (including phenoxy) is 2. The lowest BCUT2D eigenvalue weighted by atomic mass is 9.47. The summed E-state index contributed by atoms with van der Waals surface area (Å²) >= 11 is 0. The van der Waals surface area contributed by atoms with Crippen LogP contribution in [0.15, 0.2) is 24.3 Å². The van der Waals surface area contributed by atoms with Gasteiger partial charge in [-0.2, -0.15) is 0 Å². The van der Waals surface area contributed by atoms with Gasteiger partial charge in [0, 0.05) is 16.5 Å². The van der Waals surface area contributed by atoms with E-state index >= 15 is 0 Å². The monoisotopic (exact) mass is 516 g/mol. The number of hydrogen-bond donors (Lipinski definition) is 2. The minimum absolute atomic E-state index is 0.0359. The third-order valence-electron chi connectivity index (χ3n) is 12.0. The SMILES string of the molecule is OCCOc1cc2c(C34CC5CC(CC(C5)C3)C4)c(OCCO)ccc2cc1C12CC3CC(CC(C3)C1)C2. The maximum Gasteiger partial charge on any atom is 0.123 e. The molecule has 8 aliphatic carbocycles. The van der Waals surface area contributed by atoms with Gasteiger partial charge in [-0.3, -0.25) is 0 Å². The molecule has 0 unspecified atom stereocenters. The second-order valence-electron chi connectivity index (χ2n) is 14.5. The highest BCUT2D eigenvalue weighted by Gasteiger charge is 2.54. The van der Waals surface area contributed by atoms with Gasteiger partial charge in [-0.1, -0.05) is 6.07 Å². The van der Waals surface area contributed by atoms with E-state index in [1.165, 1.54) is 98.9 Å². The lowest BCUT2D eigenvalue weighted by molar-refractivity contribution is -0.00654. The van der Waals surface area contributed by atoms with E-state index in [1.54, 1.807) is 0 Å². The molecule has 0 amide bonds. The van der Waals surface area contributed by atoms with E-state index < -0.39 is 0 Å². The Hall–Kier alpha value is -1.78. The highest BCUT2D eigenvalue weighted by Crippen LogP contribution is 2.65. The molecule has 0 aliphatic heterocycles. The van der Waals surface area contributed by atoms with Crippen molar-refractivity contribution in [3.05, 3.63) is 35.4 Å². The van der Waals surface area contributed by atoms with Gasteiger partial charge in [0.15, 0.2) is 0 Å². The second-order valence-corrected chi connectivity index (χ2v) is 14.5. The Morgan fingerprint density at radius 2 is 1.08 bits per heavy atom. The van der Waals surface area contributed by atoms with Crippen LogP contribution in [0.3, 0.4) is 0 Å². The Kier molecular flexibility index (Phi) is 5.61. The lowest BCUT2D eigenvalue weighted by Gasteiger charge is -2.58. The van der Waals surface area contributed by atoms with Gasteiger partial charge in [-0.15, -0.1) is 0 Å². The quantitative estimate of drug-likeness (QED) is 0.420. The summed E-state index contributed by atoms with van der Waals surface area (Å²) in [5.74, 6) is 7.15. The number of rotatable bonds is 8. The molecule has 8 saturated carbocycles. The smallest absolute Gasteiger partial charge is 0.123 e. The van der Waals surface area contributed by atoms with E-state index in [-0.39, 0.29) is 24.0 Å². The fourth-order valence-corrected chi connectivity index (χ4v) is 11.7. The Morgan fingerprint density at radius 3 is 1.58 bits per heavy atom. The van der Waals surface area contributed by atoms with Gasteiger partial charge in [0.2, 0.25) is 0 Å². The van der Waals surface area contributed by atoms with Crippen molar-refractivity contribution in [2.45, 2.75) is 87.9 Å². The van der Waals surface area contributed by atoms with Crippen LogP contribution in [0.2, 0.25) is 0 Å². The Balaban J connectivity index is 1.30. The summed E-state index contributed by atoms with van der Waals surface area (Å²) in [6.45, 7) is 0.760. The van der Waals surface area contributed by atoms with E-state index in [0.29, 0.717) is 13.2 Å². The van der Waals surface area contributed by atoms with Gasteiger partial charge >= 0.3 is 0 Å².